The van der Waals surface area contributed by atoms with E-state index in [1.54, 1.807) is 0 Å². The number of hydrogen-bond acceptors (Lipinski definition) is 4. The van der Waals surface area contributed by atoms with Crippen LogP contribution in [0, 0.1) is 0 Å². The third kappa shape index (κ3) is 5.97. The molecule has 0 aromatic heterocycles. The van der Waals surface area contributed by atoms with E-state index in [1.165, 1.54) is 19.3 Å². The van der Waals surface area contributed by atoms with Gasteiger partial charge in [0, 0.05) is 6.54 Å². The molecule has 1 aliphatic carbocycles. The van der Waals surface area contributed by atoms with E-state index in [0.717, 1.165) is 12.8 Å². The smallest absolute Gasteiger partial charge is 0.237 e. The van der Waals surface area contributed by atoms with Crippen molar-refractivity contribution >= 4 is 11.8 Å². The Morgan fingerprint density at radius 3 is 2.56 bits per heavy atom. The van der Waals surface area contributed by atoms with Crippen molar-refractivity contribution in [1.29, 1.82) is 0 Å². The quantitative estimate of drug-likeness (QED) is 0.542. The van der Waals surface area contributed by atoms with Gasteiger partial charge in [0.05, 0.1) is 25.2 Å². The lowest BCUT2D eigenvalue weighted by Crippen LogP contribution is -2.44. The van der Waals surface area contributed by atoms with Gasteiger partial charge in [-0.05, 0) is 12.8 Å². The van der Waals surface area contributed by atoms with Crippen LogP contribution in [-0.2, 0) is 14.3 Å². The van der Waals surface area contributed by atoms with E-state index in [-0.39, 0.29) is 12.3 Å². The van der Waals surface area contributed by atoms with Crippen molar-refractivity contribution in [1.82, 2.24) is 5.32 Å². The molecule has 0 bridgehead atoms. The molecule has 2 amide bonds. The Morgan fingerprint density at radius 1 is 1.28 bits per heavy atom. The largest absolute Gasteiger partial charge is 0.376 e. The summed E-state index contributed by atoms with van der Waals surface area (Å²) < 4.78 is 5.65. The second-order valence-corrected chi connectivity index (χ2v) is 4.70. The summed E-state index contributed by atoms with van der Waals surface area (Å²) in [6.45, 7) is 0.904. The average Bonchev–Trinajstić information content (AvgIpc) is 2.34. The third-order valence-corrected chi connectivity index (χ3v) is 3.06. The number of ether oxygens (including phenoxy) is 1. The van der Waals surface area contributed by atoms with Crippen molar-refractivity contribution in [3.05, 3.63) is 0 Å². The van der Waals surface area contributed by atoms with Crippen molar-refractivity contribution in [3.8, 4) is 0 Å². The lowest BCUT2D eigenvalue weighted by molar-refractivity contribution is -0.126. The van der Waals surface area contributed by atoms with Crippen LogP contribution in [0.5, 0.6) is 0 Å². The zero-order valence-corrected chi connectivity index (χ0v) is 10.7. The van der Waals surface area contributed by atoms with Gasteiger partial charge < -0.3 is 21.5 Å². The fourth-order valence-corrected chi connectivity index (χ4v) is 2.07. The number of carbonyl (C=O) groups is 2. The molecule has 1 rings (SSSR count). The first-order chi connectivity index (χ1) is 8.59. The highest BCUT2D eigenvalue weighted by molar-refractivity contribution is 5.87. The molecule has 6 nitrogen and oxygen atoms in total. The molecule has 18 heavy (non-hydrogen) atoms. The van der Waals surface area contributed by atoms with Gasteiger partial charge in [0.2, 0.25) is 11.8 Å². The second kappa shape index (κ2) is 8.05. The molecule has 0 spiro atoms. The summed E-state index contributed by atoms with van der Waals surface area (Å²) in [6.07, 6.45) is 6.15. The standard InChI is InChI=1S/C12H23N3O3/c13-10(8-11(14)16)12(17)15-6-7-18-9-4-2-1-3-5-9/h9-10H,1-8,13H2,(H2,14,16)(H,15,17). The molecule has 0 heterocycles. The van der Waals surface area contributed by atoms with Crippen molar-refractivity contribution in [2.24, 2.45) is 11.5 Å². The normalized spacial score (nSPS) is 18.3. The zero-order valence-electron chi connectivity index (χ0n) is 10.7. The fraction of sp³-hybridized carbons (Fsp3) is 0.833. The van der Waals surface area contributed by atoms with E-state index in [2.05, 4.69) is 5.32 Å². The molecule has 1 saturated carbocycles. The molecule has 1 atom stereocenters. The Balaban J connectivity index is 2.05. The Morgan fingerprint density at radius 2 is 1.94 bits per heavy atom. The molecule has 0 aromatic carbocycles. The molecule has 0 aliphatic heterocycles. The van der Waals surface area contributed by atoms with Gasteiger partial charge in [-0.3, -0.25) is 9.59 Å². The highest BCUT2D eigenvalue weighted by Crippen LogP contribution is 2.19. The molecular weight excluding hydrogens is 234 g/mol. The Kier molecular flexibility index (Phi) is 6.67. The van der Waals surface area contributed by atoms with Gasteiger partial charge in [-0.15, -0.1) is 0 Å². The van der Waals surface area contributed by atoms with E-state index in [0.29, 0.717) is 19.3 Å². The minimum atomic E-state index is -0.864. The Hall–Kier alpha value is -1.14. The number of primary amides is 1. The summed E-state index contributed by atoms with van der Waals surface area (Å²) in [7, 11) is 0. The molecule has 1 fully saturated rings. The van der Waals surface area contributed by atoms with Gasteiger partial charge in [-0.1, -0.05) is 19.3 Å². The zero-order chi connectivity index (χ0) is 13.4. The number of nitrogens with one attached hydrogen (secondary N) is 1. The topological polar surface area (TPSA) is 107 Å². The first kappa shape index (κ1) is 14.9. The van der Waals surface area contributed by atoms with Crippen LogP contribution in [0.3, 0.4) is 0 Å². The van der Waals surface area contributed by atoms with Crippen LogP contribution in [0.4, 0.5) is 0 Å². The van der Waals surface area contributed by atoms with Crippen LogP contribution < -0.4 is 16.8 Å². The van der Waals surface area contributed by atoms with E-state index in [4.69, 9.17) is 16.2 Å². The summed E-state index contributed by atoms with van der Waals surface area (Å²) in [5.74, 6) is -0.933. The van der Waals surface area contributed by atoms with Crippen LogP contribution in [0.25, 0.3) is 0 Å². The van der Waals surface area contributed by atoms with Gasteiger partial charge in [0.1, 0.15) is 0 Å². The lowest BCUT2D eigenvalue weighted by atomic mass is 9.98. The first-order valence-electron chi connectivity index (χ1n) is 6.53. The van der Waals surface area contributed by atoms with Crippen LogP contribution in [0.1, 0.15) is 38.5 Å². The minimum absolute atomic E-state index is 0.130. The van der Waals surface area contributed by atoms with Gasteiger partial charge in [-0.2, -0.15) is 0 Å². The number of amides is 2. The van der Waals surface area contributed by atoms with E-state index >= 15 is 0 Å². The van der Waals surface area contributed by atoms with E-state index in [9.17, 15) is 9.59 Å². The predicted molar refractivity (Wildman–Crippen MR) is 67.6 cm³/mol. The van der Waals surface area contributed by atoms with Gasteiger partial charge in [-0.25, -0.2) is 0 Å². The maximum absolute atomic E-state index is 11.4. The molecule has 1 unspecified atom stereocenters. The van der Waals surface area contributed by atoms with Crippen molar-refractivity contribution in [3.63, 3.8) is 0 Å². The summed E-state index contributed by atoms with van der Waals surface area (Å²) >= 11 is 0. The maximum atomic E-state index is 11.4. The fourth-order valence-electron chi connectivity index (χ4n) is 2.07. The maximum Gasteiger partial charge on any atom is 0.237 e. The minimum Gasteiger partial charge on any atom is -0.376 e. The van der Waals surface area contributed by atoms with Gasteiger partial charge in [0.25, 0.3) is 0 Å². The van der Waals surface area contributed by atoms with Crippen molar-refractivity contribution in [2.75, 3.05) is 13.2 Å². The summed E-state index contributed by atoms with van der Waals surface area (Å²) in [5.41, 5.74) is 10.4. The predicted octanol–water partition coefficient (Wildman–Crippen LogP) is -0.345. The average molecular weight is 257 g/mol. The number of nitrogens with two attached hydrogens (primary N) is 2. The highest BCUT2D eigenvalue weighted by Gasteiger charge is 2.16. The van der Waals surface area contributed by atoms with Crippen LogP contribution in [-0.4, -0.2) is 37.1 Å². The molecular formula is C12H23N3O3. The SMILES string of the molecule is NC(=O)CC(N)C(=O)NCCOC1CCCCC1. The van der Waals surface area contributed by atoms with Crippen LogP contribution in [0.15, 0.2) is 0 Å². The van der Waals surface area contributed by atoms with Crippen molar-refractivity contribution < 1.29 is 14.3 Å². The lowest BCUT2D eigenvalue weighted by Gasteiger charge is -2.22. The summed E-state index contributed by atoms with van der Waals surface area (Å²) in [5, 5.41) is 2.63. The van der Waals surface area contributed by atoms with E-state index < -0.39 is 11.9 Å². The molecule has 1 aliphatic rings. The van der Waals surface area contributed by atoms with Gasteiger partial charge in [0.15, 0.2) is 0 Å². The van der Waals surface area contributed by atoms with Crippen molar-refractivity contribution in [2.45, 2.75) is 50.7 Å². The van der Waals surface area contributed by atoms with Crippen LogP contribution in [0.2, 0.25) is 0 Å². The molecule has 0 radical (unpaired) electrons. The number of rotatable bonds is 7. The number of carbonyl (C=O) groups excluding carboxylic acids is 2. The first-order valence-corrected chi connectivity index (χ1v) is 6.53. The monoisotopic (exact) mass is 257 g/mol. The number of hydrogen-bond donors (Lipinski definition) is 3. The highest BCUT2D eigenvalue weighted by atomic mass is 16.5. The summed E-state index contributed by atoms with van der Waals surface area (Å²) in [4.78, 5) is 22.0. The third-order valence-electron chi connectivity index (χ3n) is 3.06. The second-order valence-electron chi connectivity index (χ2n) is 4.70. The molecule has 5 N–H and O–H groups in total. The molecule has 6 heteroatoms. The molecule has 104 valence electrons. The summed E-state index contributed by atoms with van der Waals surface area (Å²) in [6, 6.07) is -0.864. The van der Waals surface area contributed by atoms with Crippen LogP contribution >= 0.6 is 0 Å². The van der Waals surface area contributed by atoms with Gasteiger partial charge >= 0.3 is 0 Å². The Bertz CT molecular complexity index is 278. The Labute approximate surface area is 107 Å². The molecule has 0 saturated heterocycles. The molecule has 0 aromatic rings. The van der Waals surface area contributed by atoms with E-state index in [1.807, 2.05) is 0 Å².